The van der Waals surface area contributed by atoms with Crippen molar-refractivity contribution in [3.8, 4) is 0 Å². The molecule has 1 aromatic carbocycles. The van der Waals surface area contributed by atoms with Crippen molar-refractivity contribution < 1.29 is 14.7 Å². The number of thiol groups is 1. The van der Waals surface area contributed by atoms with Gasteiger partial charge < -0.3 is 10.0 Å². The van der Waals surface area contributed by atoms with Gasteiger partial charge in [-0.25, -0.2) is 4.79 Å². The summed E-state index contributed by atoms with van der Waals surface area (Å²) < 4.78 is 0. The molecule has 0 aliphatic carbocycles. The second kappa shape index (κ2) is 8.11. The molecule has 6 heteroatoms. The molecule has 1 aromatic rings. The Hall–Kier alpha value is -1.14. The van der Waals surface area contributed by atoms with E-state index < -0.39 is 12.0 Å². The van der Waals surface area contributed by atoms with E-state index in [1.807, 2.05) is 12.1 Å². The van der Waals surface area contributed by atoms with Gasteiger partial charge in [-0.3, -0.25) is 4.79 Å². The number of carbonyl (C=O) groups is 2. The second-order valence-electron chi connectivity index (χ2n) is 5.95. The first kappa shape index (κ1) is 18.2. The highest BCUT2D eigenvalue weighted by atomic mass is 32.2. The third kappa shape index (κ3) is 4.23. The number of aryl methyl sites for hydroxylation is 1. The van der Waals surface area contributed by atoms with Crippen LogP contribution in [0.5, 0.6) is 0 Å². The van der Waals surface area contributed by atoms with E-state index in [2.05, 4.69) is 31.7 Å². The summed E-state index contributed by atoms with van der Waals surface area (Å²) >= 11 is 5.83. The largest absolute Gasteiger partial charge is 0.480 e. The maximum Gasteiger partial charge on any atom is 0.326 e. The van der Waals surface area contributed by atoms with Crippen LogP contribution < -0.4 is 0 Å². The number of carboxylic acid groups (broad SMARTS) is 1. The van der Waals surface area contributed by atoms with Gasteiger partial charge in [0.25, 0.3) is 0 Å². The lowest BCUT2D eigenvalue weighted by molar-refractivity contribution is -0.149. The van der Waals surface area contributed by atoms with Gasteiger partial charge in [-0.1, -0.05) is 31.2 Å². The third-order valence-corrected chi connectivity index (χ3v) is 6.13. The molecule has 0 spiro atoms. The predicted molar refractivity (Wildman–Crippen MR) is 96.8 cm³/mol. The van der Waals surface area contributed by atoms with Crippen LogP contribution in [0.25, 0.3) is 0 Å². The summed E-state index contributed by atoms with van der Waals surface area (Å²) in [5.41, 5.74) is 2.44. The molecule has 1 heterocycles. The minimum absolute atomic E-state index is 0.0782. The van der Waals surface area contributed by atoms with Crippen LogP contribution in [0, 0.1) is 12.8 Å². The maximum absolute atomic E-state index is 12.6. The average molecular weight is 354 g/mol. The van der Waals surface area contributed by atoms with Crippen LogP contribution in [0.4, 0.5) is 0 Å². The number of thioether (sulfide) groups is 1. The van der Waals surface area contributed by atoms with Crippen LogP contribution in [-0.2, 0) is 15.3 Å². The van der Waals surface area contributed by atoms with Gasteiger partial charge in [0.05, 0.1) is 5.37 Å². The lowest BCUT2D eigenvalue weighted by Gasteiger charge is -2.30. The maximum atomic E-state index is 12.6. The van der Waals surface area contributed by atoms with Crippen LogP contribution in [0.15, 0.2) is 24.3 Å². The standard InChI is InChI=1S/C17H23NO3S2/c1-11-5-3-4-6-13(11)10-23-15-8-7-14(17(20)21)18(15)16(19)12(2)9-22/h3-6,12,14-15,22H,7-10H2,1-2H3,(H,20,21)/t12-,14+,15+/m1/s1. The first-order chi connectivity index (χ1) is 11.0. The molecule has 4 nitrogen and oxygen atoms in total. The Morgan fingerprint density at radius 2 is 2.09 bits per heavy atom. The molecule has 1 amide bonds. The van der Waals surface area contributed by atoms with Crippen LogP contribution >= 0.6 is 24.4 Å². The summed E-state index contributed by atoms with van der Waals surface area (Å²) in [6.45, 7) is 3.87. The molecule has 1 aliphatic rings. The topological polar surface area (TPSA) is 57.6 Å². The molecule has 23 heavy (non-hydrogen) atoms. The number of amides is 1. The molecule has 126 valence electrons. The minimum atomic E-state index is -0.913. The molecule has 0 radical (unpaired) electrons. The minimum Gasteiger partial charge on any atom is -0.480 e. The Morgan fingerprint density at radius 1 is 1.39 bits per heavy atom. The molecule has 1 N–H and O–H groups in total. The van der Waals surface area contributed by atoms with E-state index in [1.165, 1.54) is 11.1 Å². The molecule has 1 aliphatic heterocycles. The molecule has 0 unspecified atom stereocenters. The van der Waals surface area contributed by atoms with Gasteiger partial charge in [-0.05, 0) is 30.9 Å². The Morgan fingerprint density at radius 3 is 2.70 bits per heavy atom. The SMILES string of the molecule is Cc1ccccc1CS[C@H]1CC[C@@H](C(=O)O)N1C(=O)[C@H](C)CS. The monoisotopic (exact) mass is 353 g/mol. The fraction of sp³-hybridized carbons (Fsp3) is 0.529. The third-order valence-electron chi connectivity index (χ3n) is 4.26. The summed E-state index contributed by atoms with van der Waals surface area (Å²) in [4.78, 5) is 25.6. The summed E-state index contributed by atoms with van der Waals surface area (Å²) in [6, 6.07) is 7.44. The first-order valence-corrected chi connectivity index (χ1v) is 9.45. The van der Waals surface area contributed by atoms with E-state index >= 15 is 0 Å². The zero-order valence-corrected chi connectivity index (χ0v) is 15.1. The van der Waals surface area contributed by atoms with Crippen LogP contribution in [0.1, 0.15) is 30.9 Å². The van der Waals surface area contributed by atoms with Crippen molar-refractivity contribution >= 4 is 36.3 Å². The van der Waals surface area contributed by atoms with E-state index in [9.17, 15) is 14.7 Å². The Labute approximate surface area is 147 Å². The van der Waals surface area contributed by atoms with Crippen LogP contribution in [0.2, 0.25) is 0 Å². The molecule has 1 fully saturated rings. The van der Waals surface area contributed by atoms with Gasteiger partial charge in [0.2, 0.25) is 5.91 Å². The van der Waals surface area contributed by atoms with E-state index in [0.29, 0.717) is 12.2 Å². The molecule has 2 rings (SSSR count). The van der Waals surface area contributed by atoms with Crippen molar-refractivity contribution in [2.75, 3.05) is 5.75 Å². The van der Waals surface area contributed by atoms with Gasteiger partial charge in [0.1, 0.15) is 6.04 Å². The Bertz CT molecular complexity index is 579. The number of hydrogen-bond acceptors (Lipinski definition) is 4. The molecule has 0 bridgehead atoms. The first-order valence-electron chi connectivity index (χ1n) is 7.77. The summed E-state index contributed by atoms with van der Waals surface area (Å²) in [5, 5.41) is 9.33. The highest BCUT2D eigenvalue weighted by molar-refractivity contribution is 7.99. The number of carbonyl (C=O) groups excluding carboxylic acids is 1. The molecular weight excluding hydrogens is 330 g/mol. The summed E-state index contributed by atoms with van der Waals surface area (Å²) in [5.74, 6) is -0.0738. The van der Waals surface area contributed by atoms with E-state index in [1.54, 1.807) is 23.6 Å². The van der Waals surface area contributed by atoms with Crippen molar-refractivity contribution in [1.82, 2.24) is 4.90 Å². The number of rotatable bonds is 6. The number of likely N-dealkylation sites (tertiary alicyclic amines) is 1. The zero-order valence-electron chi connectivity index (χ0n) is 13.4. The Balaban J connectivity index is 2.11. The lowest BCUT2D eigenvalue weighted by Crippen LogP contribution is -2.46. The summed E-state index contributed by atoms with van der Waals surface area (Å²) in [7, 11) is 0. The molecule has 1 saturated heterocycles. The van der Waals surface area contributed by atoms with Crippen molar-refractivity contribution in [3.63, 3.8) is 0 Å². The van der Waals surface area contributed by atoms with Gasteiger partial charge in [0, 0.05) is 17.4 Å². The fourth-order valence-electron chi connectivity index (χ4n) is 2.77. The predicted octanol–water partition coefficient (Wildman–Crippen LogP) is 3.20. The van der Waals surface area contributed by atoms with Gasteiger partial charge in [-0.15, -0.1) is 11.8 Å². The normalized spacial score (nSPS) is 22.1. The van der Waals surface area contributed by atoms with Gasteiger partial charge >= 0.3 is 5.97 Å². The van der Waals surface area contributed by atoms with E-state index in [-0.39, 0.29) is 17.2 Å². The quantitative estimate of drug-likeness (QED) is 0.771. The Kier molecular flexibility index (Phi) is 6.41. The number of aliphatic carboxylic acids is 1. The van der Waals surface area contributed by atoms with E-state index in [0.717, 1.165) is 12.2 Å². The number of hydrogen-bond donors (Lipinski definition) is 2. The molecule has 0 aromatic heterocycles. The molecule has 3 atom stereocenters. The van der Waals surface area contributed by atoms with Crippen LogP contribution in [-0.4, -0.2) is 39.1 Å². The fourth-order valence-corrected chi connectivity index (χ4v) is 4.34. The number of carboxylic acids is 1. The van der Waals surface area contributed by atoms with Crippen molar-refractivity contribution in [1.29, 1.82) is 0 Å². The van der Waals surface area contributed by atoms with E-state index in [4.69, 9.17) is 0 Å². The van der Waals surface area contributed by atoms with Gasteiger partial charge in [0.15, 0.2) is 0 Å². The number of benzene rings is 1. The smallest absolute Gasteiger partial charge is 0.326 e. The van der Waals surface area contributed by atoms with Crippen molar-refractivity contribution in [2.45, 2.75) is 43.9 Å². The lowest BCUT2D eigenvalue weighted by atomic mass is 10.1. The molecular formula is C17H23NO3S2. The average Bonchev–Trinajstić information content (AvgIpc) is 2.96. The number of nitrogens with zero attached hydrogens (tertiary/aromatic N) is 1. The van der Waals surface area contributed by atoms with Crippen molar-refractivity contribution in [3.05, 3.63) is 35.4 Å². The van der Waals surface area contributed by atoms with Crippen LogP contribution in [0.3, 0.4) is 0 Å². The summed E-state index contributed by atoms with van der Waals surface area (Å²) in [6.07, 6.45) is 1.24. The zero-order chi connectivity index (χ0) is 17.0. The van der Waals surface area contributed by atoms with Gasteiger partial charge in [-0.2, -0.15) is 12.6 Å². The highest BCUT2D eigenvalue weighted by Gasteiger charge is 2.42. The molecule has 0 saturated carbocycles. The highest BCUT2D eigenvalue weighted by Crippen LogP contribution is 2.35. The second-order valence-corrected chi connectivity index (χ2v) is 7.48. The van der Waals surface area contributed by atoms with Crippen molar-refractivity contribution in [2.24, 2.45) is 5.92 Å².